The van der Waals surface area contributed by atoms with Crippen molar-refractivity contribution in [3.05, 3.63) is 24.3 Å². The van der Waals surface area contributed by atoms with Crippen molar-refractivity contribution in [1.29, 1.82) is 0 Å². The molecule has 0 amide bonds. The molecule has 0 aromatic heterocycles. The number of allylic oxidation sites excluding steroid dienone is 4. The Bertz CT molecular complexity index is 2110. The molecule has 0 aliphatic rings. The predicted molar refractivity (Wildman–Crippen MR) is 432 cm³/mol. The van der Waals surface area contributed by atoms with Crippen molar-refractivity contribution < 1.29 is 80.2 Å². The van der Waals surface area contributed by atoms with E-state index in [-0.39, 0.29) is 25.7 Å². The number of hydrogen-bond acceptors (Lipinski definition) is 15. The Morgan fingerprint density at radius 2 is 0.514 bits per heavy atom. The van der Waals surface area contributed by atoms with Gasteiger partial charge in [0.15, 0.2) is 12.2 Å². The minimum atomic E-state index is -4.97. The van der Waals surface area contributed by atoms with Gasteiger partial charge in [-0.25, -0.2) is 9.13 Å². The Labute approximate surface area is 643 Å². The van der Waals surface area contributed by atoms with Gasteiger partial charge in [0.25, 0.3) is 0 Å². The molecule has 0 aliphatic heterocycles. The van der Waals surface area contributed by atoms with Crippen LogP contribution in [0.25, 0.3) is 0 Å². The van der Waals surface area contributed by atoms with E-state index in [2.05, 4.69) is 65.8 Å². The zero-order valence-corrected chi connectivity index (χ0v) is 70.3. The summed E-state index contributed by atoms with van der Waals surface area (Å²) in [6, 6.07) is 0. The topological polar surface area (TPSA) is 237 Å². The molecule has 0 saturated heterocycles. The van der Waals surface area contributed by atoms with Crippen molar-refractivity contribution in [3.63, 3.8) is 0 Å². The van der Waals surface area contributed by atoms with E-state index in [1.165, 1.54) is 238 Å². The molecule has 620 valence electrons. The maximum atomic E-state index is 13.1. The van der Waals surface area contributed by atoms with E-state index in [9.17, 15) is 43.2 Å². The lowest BCUT2D eigenvalue weighted by Crippen LogP contribution is -2.30. The maximum absolute atomic E-state index is 13.1. The van der Waals surface area contributed by atoms with Crippen LogP contribution in [0.4, 0.5) is 0 Å². The predicted octanol–water partition coefficient (Wildman–Crippen LogP) is 25.8. The van der Waals surface area contributed by atoms with Gasteiger partial charge in [0.1, 0.15) is 19.3 Å². The van der Waals surface area contributed by atoms with Gasteiger partial charge in [0.2, 0.25) is 0 Å². The number of phosphoric acid groups is 2. The van der Waals surface area contributed by atoms with Crippen molar-refractivity contribution in [2.24, 2.45) is 11.8 Å². The van der Waals surface area contributed by atoms with Crippen LogP contribution in [0.1, 0.15) is 433 Å². The lowest BCUT2D eigenvalue weighted by atomic mass is 10.0. The van der Waals surface area contributed by atoms with Gasteiger partial charge in [0, 0.05) is 25.7 Å². The zero-order chi connectivity index (χ0) is 77.1. The second-order valence-corrected chi connectivity index (χ2v) is 34.1. The summed E-state index contributed by atoms with van der Waals surface area (Å²) in [5, 5.41) is 10.7. The molecule has 0 saturated carbocycles. The van der Waals surface area contributed by atoms with E-state index in [0.717, 1.165) is 115 Å². The van der Waals surface area contributed by atoms with Gasteiger partial charge >= 0.3 is 39.5 Å². The number of esters is 4. The van der Waals surface area contributed by atoms with Crippen LogP contribution < -0.4 is 0 Å². The lowest BCUT2D eigenvalue weighted by Gasteiger charge is -2.21. The number of hydrogen-bond donors (Lipinski definition) is 3. The molecule has 0 rings (SSSR count). The highest BCUT2D eigenvalue weighted by Crippen LogP contribution is 2.45. The fourth-order valence-corrected chi connectivity index (χ4v) is 14.5. The van der Waals surface area contributed by atoms with Gasteiger partial charge in [0.05, 0.1) is 26.4 Å². The fraction of sp³-hybridized carbons (Fsp3) is 0.907. The van der Waals surface area contributed by atoms with Gasteiger partial charge in [-0.15, -0.1) is 0 Å². The normalized spacial score (nSPS) is 14.0. The van der Waals surface area contributed by atoms with E-state index < -0.39 is 97.5 Å². The van der Waals surface area contributed by atoms with Crippen molar-refractivity contribution in [1.82, 2.24) is 0 Å². The van der Waals surface area contributed by atoms with Crippen molar-refractivity contribution in [2.45, 2.75) is 452 Å². The van der Waals surface area contributed by atoms with Gasteiger partial charge in [-0.05, 0) is 63.2 Å². The highest BCUT2D eigenvalue weighted by Gasteiger charge is 2.30. The van der Waals surface area contributed by atoms with Crippen molar-refractivity contribution >= 4 is 39.5 Å². The number of rotatable bonds is 83. The third kappa shape index (κ3) is 79.4. The monoisotopic (exact) mass is 1530 g/mol. The molecule has 105 heavy (non-hydrogen) atoms. The Morgan fingerprint density at radius 3 is 0.781 bits per heavy atom. The van der Waals surface area contributed by atoms with Gasteiger partial charge in [-0.2, -0.15) is 0 Å². The van der Waals surface area contributed by atoms with Crippen LogP contribution in [0.5, 0.6) is 0 Å². The first-order valence-electron chi connectivity index (χ1n) is 43.8. The fourth-order valence-electron chi connectivity index (χ4n) is 12.9. The Kier molecular flexibility index (Phi) is 75.1. The van der Waals surface area contributed by atoms with Gasteiger partial charge < -0.3 is 33.8 Å². The molecule has 19 heteroatoms. The van der Waals surface area contributed by atoms with Gasteiger partial charge in [-0.1, -0.05) is 380 Å². The van der Waals surface area contributed by atoms with Crippen LogP contribution in [-0.4, -0.2) is 96.7 Å². The first-order chi connectivity index (χ1) is 50.9. The number of aliphatic hydroxyl groups excluding tert-OH is 1. The quantitative estimate of drug-likeness (QED) is 0.0169. The van der Waals surface area contributed by atoms with E-state index in [4.69, 9.17) is 37.0 Å². The third-order valence-electron chi connectivity index (χ3n) is 19.6. The van der Waals surface area contributed by atoms with Crippen LogP contribution in [0.3, 0.4) is 0 Å². The molecule has 0 heterocycles. The molecule has 2 unspecified atom stereocenters. The Hall–Kier alpha value is -2.46. The minimum Gasteiger partial charge on any atom is -0.462 e. The summed E-state index contributed by atoms with van der Waals surface area (Å²) in [5.74, 6) is -0.584. The molecule has 0 aromatic rings. The van der Waals surface area contributed by atoms with Crippen LogP contribution in [0, 0.1) is 11.8 Å². The summed E-state index contributed by atoms with van der Waals surface area (Å²) in [4.78, 5) is 73.2. The number of unbranched alkanes of at least 4 members (excludes halogenated alkanes) is 50. The smallest absolute Gasteiger partial charge is 0.462 e. The SMILES string of the molecule is CCCCCC/C=C\C=C/CCCCCCCC(=O)O[C@H](COC(=O)CCCCCCCCCCCC(C)C)COP(=O)(O)OC[C@H](O)COP(=O)(O)OC[C@@H](COC(=O)CCCCCCCCCCCCCCCCCCCCC)OC(=O)CCCCCCCCCCCCCCCCCCC(C)C. The largest absolute Gasteiger partial charge is 0.472 e. The number of ether oxygens (including phenoxy) is 4. The highest BCUT2D eigenvalue weighted by atomic mass is 31.2. The summed E-state index contributed by atoms with van der Waals surface area (Å²) in [5.41, 5.74) is 0. The summed E-state index contributed by atoms with van der Waals surface area (Å²) >= 11 is 0. The summed E-state index contributed by atoms with van der Waals surface area (Å²) in [6.07, 6.45) is 71.6. The zero-order valence-electron chi connectivity index (χ0n) is 68.5. The molecular formula is C86H164O17P2. The van der Waals surface area contributed by atoms with Crippen LogP contribution in [0.15, 0.2) is 24.3 Å². The number of phosphoric ester groups is 2. The number of carbonyl (C=O) groups excluding carboxylic acids is 4. The second-order valence-electron chi connectivity index (χ2n) is 31.2. The van der Waals surface area contributed by atoms with Crippen molar-refractivity contribution in [2.75, 3.05) is 39.6 Å². The van der Waals surface area contributed by atoms with Crippen LogP contribution in [-0.2, 0) is 65.4 Å². The lowest BCUT2D eigenvalue weighted by molar-refractivity contribution is -0.161. The van der Waals surface area contributed by atoms with Crippen molar-refractivity contribution in [3.8, 4) is 0 Å². The summed E-state index contributed by atoms with van der Waals surface area (Å²) < 4.78 is 68.9. The first-order valence-corrected chi connectivity index (χ1v) is 46.8. The molecule has 0 fully saturated rings. The molecule has 0 spiro atoms. The molecule has 0 aliphatic carbocycles. The van der Waals surface area contributed by atoms with Crippen LogP contribution in [0.2, 0.25) is 0 Å². The minimum absolute atomic E-state index is 0.0849. The highest BCUT2D eigenvalue weighted by molar-refractivity contribution is 7.47. The first kappa shape index (κ1) is 103. The Morgan fingerprint density at radius 1 is 0.295 bits per heavy atom. The second kappa shape index (κ2) is 76.9. The summed E-state index contributed by atoms with van der Waals surface area (Å²) in [6.45, 7) is 9.61. The van der Waals surface area contributed by atoms with Gasteiger partial charge in [-0.3, -0.25) is 37.3 Å². The molecule has 3 N–H and O–H groups in total. The molecular weight excluding hydrogens is 1370 g/mol. The van der Waals surface area contributed by atoms with E-state index in [0.29, 0.717) is 25.7 Å². The van der Waals surface area contributed by atoms with E-state index in [1.54, 1.807) is 0 Å². The molecule has 0 radical (unpaired) electrons. The third-order valence-corrected chi connectivity index (χ3v) is 21.5. The molecule has 17 nitrogen and oxygen atoms in total. The standard InChI is InChI=1S/C86H164O17P2/c1-7-9-11-13-15-17-19-21-23-24-25-26-31-34-38-44-50-56-62-68-83(88)96-74-81(102-86(91)71-65-59-53-46-40-36-32-28-27-30-33-37-42-48-54-60-66-78(3)4)76-100-104(92,93)98-72-80(87)73-99-105(94,95)101-77-82(75-97-84(89)69-63-57-51-47-41-43-49-55-61-67-79(5)6)103-85(90)70-64-58-52-45-39-35-29-22-20-18-16-14-12-10-8-2/h18,20,22,29,78-82,87H,7-17,19,21,23-28,30-77H2,1-6H3,(H,92,93)(H,94,95)/b20-18-,29-22-/t80-,81-,82-/m1/s1. The van der Waals surface area contributed by atoms with E-state index in [1.807, 2.05) is 0 Å². The summed E-state index contributed by atoms with van der Waals surface area (Å²) in [7, 11) is -9.94. The average Bonchev–Trinajstić information content (AvgIpc) is 0.909. The number of carbonyl (C=O) groups is 4. The molecule has 5 atom stereocenters. The Balaban J connectivity index is 5.28. The molecule has 0 bridgehead atoms. The maximum Gasteiger partial charge on any atom is 0.472 e. The molecule has 0 aromatic carbocycles. The van der Waals surface area contributed by atoms with Crippen LogP contribution >= 0.6 is 15.6 Å². The average molecular weight is 1530 g/mol. The number of aliphatic hydroxyl groups is 1. The van der Waals surface area contributed by atoms with E-state index >= 15 is 0 Å².